The van der Waals surface area contributed by atoms with Gasteiger partial charge in [-0.05, 0) is 42.5 Å². The second-order valence-corrected chi connectivity index (χ2v) is 3.14. The average molecular weight is 211 g/mol. The lowest BCUT2D eigenvalue weighted by molar-refractivity contribution is 0.415. The molecule has 1 aromatic heterocycles. The Balaban J connectivity index is 2.12. The Hall–Kier alpha value is -2.16. The molecule has 79 valence electrons. The molecule has 0 saturated heterocycles. The monoisotopic (exact) mass is 211 g/mol. The lowest BCUT2D eigenvalue weighted by atomic mass is 10.3. The lowest BCUT2D eigenvalue weighted by Gasteiger charge is -1.98. The van der Waals surface area contributed by atoms with Crippen LogP contribution in [0.5, 0.6) is 5.75 Å². The first-order chi connectivity index (χ1) is 7.88. The third-order valence-corrected chi connectivity index (χ3v) is 2.04. The second-order valence-electron chi connectivity index (χ2n) is 3.14. The molecule has 1 aromatic carbocycles. The molecule has 2 aromatic rings. The summed E-state index contributed by atoms with van der Waals surface area (Å²) in [6.45, 7) is 0. The fourth-order valence-corrected chi connectivity index (χ4v) is 1.22. The van der Waals surface area contributed by atoms with E-state index < -0.39 is 0 Å². The van der Waals surface area contributed by atoms with Gasteiger partial charge in [0.05, 0.1) is 24.7 Å². The molecule has 0 bridgehead atoms. The van der Waals surface area contributed by atoms with Crippen LogP contribution in [0, 0.1) is 6.07 Å². The third kappa shape index (κ3) is 2.67. The number of nitrogens with zero attached hydrogens (tertiary/aromatic N) is 2. The quantitative estimate of drug-likeness (QED) is 0.731. The normalized spacial score (nSPS) is 10.6. The van der Waals surface area contributed by atoms with Gasteiger partial charge >= 0.3 is 0 Å². The van der Waals surface area contributed by atoms with Gasteiger partial charge in [0.25, 0.3) is 0 Å². The van der Waals surface area contributed by atoms with Gasteiger partial charge in [0.15, 0.2) is 0 Å². The van der Waals surface area contributed by atoms with E-state index in [0.29, 0.717) is 0 Å². The van der Waals surface area contributed by atoms with E-state index in [4.69, 9.17) is 4.74 Å². The van der Waals surface area contributed by atoms with Crippen LogP contribution in [-0.4, -0.2) is 18.3 Å². The molecule has 1 radical (unpaired) electrons. The predicted molar refractivity (Wildman–Crippen MR) is 63.3 cm³/mol. The summed E-state index contributed by atoms with van der Waals surface area (Å²) >= 11 is 0. The molecule has 16 heavy (non-hydrogen) atoms. The summed E-state index contributed by atoms with van der Waals surface area (Å²) in [7, 11) is 1.64. The SMILES string of the molecule is COc1ccc(N=Cc2c[c]ccn2)cc1. The molecule has 0 aliphatic rings. The summed E-state index contributed by atoms with van der Waals surface area (Å²) in [5.41, 5.74) is 1.66. The van der Waals surface area contributed by atoms with Gasteiger partial charge in [0.1, 0.15) is 5.75 Å². The van der Waals surface area contributed by atoms with Crippen molar-refractivity contribution < 1.29 is 4.74 Å². The summed E-state index contributed by atoms with van der Waals surface area (Å²) < 4.78 is 5.06. The van der Waals surface area contributed by atoms with E-state index in [-0.39, 0.29) is 0 Å². The van der Waals surface area contributed by atoms with Gasteiger partial charge in [0.2, 0.25) is 0 Å². The fraction of sp³-hybridized carbons (Fsp3) is 0.0769. The Labute approximate surface area is 94.4 Å². The van der Waals surface area contributed by atoms with Crippen molar-refractivity contribution in [2.45, 2.75) is 0 Å². The van der Waals surface area contributed by atoms with Crippen LogP contribution in [0.25, 0.3) is 0 Å². The minimum absolute atomic E-state index is 0.790. The summed E-state index contributed by atoms with van der Waals surface area (Å²) in [4.78, 5) is 8.41. The molecule has 3 heteroatoms. The van der Waals surface area contributed by atoms with Gasteiger partial charge in [-0.2, -0.15) is 0 Å². The zero-order valence-electron chi connectivity index (χ0n) is 8.92. The molecule has 0 unspecified atom stereocenters. The van der Waals surface area contributed by atoms with E-state index in [9.17, 15) is 0 Å². The number of hydrogen-bond donors (Lipinski definition) is 0. The lowest BCUT2D eigenvalue weighted by Crippen LogP contribution is -1.84. The van der Waals surface area contributed by atoms with Crippen molar-refractivity contribution in [3.8, 4) is 5.75 Å². The first kappa shape index (κ1) is 10.4. The standard InChI is InChI=1S/C13H11N2O/c1-16-13-7-5-11(6-8-13)15-10-12-4-2-3-9-14-12/h3-10H,1H3. The van der Waals surface area contributed by atoms with Gasteiger partial charge < -0.3 is 4.74 Å². The van der Waals surface area contributed by atoms with Crippen molar-refractivity contribution in [3.63, 3.8) is 0 Å². The third-order valence-electron chi connectivity index (χ3n) is 2.04. The number of pyridine rings is 1. The fourth-order valence-electron chi connectivity index (χ4n) is 1.22. The summed E-state index contributed by atoms with van der Waals surface area (Å²) in [5.74, 6) is 0.824. The number of methoxy groups -OCH3 is 1. The van der Waals surface area contributed by atoms with Crippen LogP contribution in [0.3, 0.4) is 0 Å². The smallest absolute Gasteiger partial charge is 0.119 e. The molecule has 0 N–H and O–H groups in total. The Morgan fingerprint density at radius 3 is 2.75 bits per heavy atom. The van der Waals surface area contributed by atoms with Crippen LogP contribution in [0.2, 0.25) is 0 Å². The maximum absolute atomic E-state index is 5.06. The molecule has 0 aliphatic heterocycles. The minimum atomic E-state index is 0.790. The topological polar surface area (TPSA) is 34.5 Å². The molecule has 0 fully saturated rings. The van der Waals surface area contributed by atoms with Crippen molar-refractivity contribution >= 4 is 11.9 Å². The van der Waals surface area contributed by atoms with E-state index in [2.05, 4.69) is 16.0 Å². The highest BCUT2D eigenvalue weighted by Crippen LogP contribution is 2.17. The minimum Gasteiger partial charge on any atom is -0.497 e. The van der Waals surface area contributed by atoms with E-state index in [0.717, 1.165) is 17.1 Å². The summed E-state index contributed by atoms with van der Waals surface area (Å²) in [6, 6.07) is 14.0. The van der Waals surface area contributed by atoms with Crippen LogP contribution < -0.4 is 4.74 Å². The van der Waals surface area contributed by atoms with Gasteiger partial charge in [-0.3, -0.25) is 9.98 Å². The zero-order valence-corrected chi connectivity index (χ0v) is 8.92. The van der Waals surface area contributed by atoms with Gasteiger partial charge in [-0.1, -0.05) is 0 Å². The number of ether oxygens (including phenoxy) is 1. The number of aliphatic imine (C=N–C) groups is 1. The molecule has 0 amide bonds. The average Bonchev–Trinajstić information content (AvgIpc) is 2.38. The Kier molecular flexibility index (Phi) is 3.28. The highest BCUT2D eigenvalue weighted by Gasteiger charge is 1.91. The Bertz CT molecular complexity index is 463. The Morgan fingerprint density at radius 2 is 2.12 bits per heavy atom. The highest BCUT2D eigenvalue weighted by molar-refractivity contribution is 5.79. The number of hydrogen-bond acceptors (Lipinski definition) is 3. The van der Waals surface area contributed by atoms with Crippen molar-refractivity contribution in [1.29, 1.82) is 0 Å². The number of aromatic nitrogens is 1. The maximum Gasteiger partial charge on any atom is 0.119 e. The molecular formula is C13H11N2O. The number of rotatable bonds is 3. The molecular weight excluding hydrogens is 200 g/mol. The van der Waals surface area contributed by atoms with Crippen molar-refractivity contribution in [3.05, 3.63) is 54.4 Å². The first-order valence-electron chi connectivity index (χ1n) is 4.89. The van der Waals surface area contributed by atoms with Crippen LogP contribution >= 0.6 is 0 Å². The van der Waals surface area contributed by atoms with Crippen LogP contribution in [0.1, 0.15) is 5.69 Å². The van der Waals surface area contributed by atoms with Crippen molar-refractivity contribution in [2.24, 2.45) is 4.99 Å². The van der Waals surface area contributed by atoms with E-state index in [1.807, 2.05) is 24.3 Å². The Morgan fingerprint density at radius 1 is 1.31 bits per heavy atom. The summed E-state index contributed by atoms with van der Waals surface area (Å²) in [6.07, 6.45) is 3.40. The highest BCUT2D eigenvalue weighted by atomic mass is 16.5. The molecule has 2 rings (SSSR count). The van der Waals surface area contributed by atoms with E-state index in [1.54, 1.807) is 31.7 Å². The zero-order chi connectivity index (χ0) is 11.2. The molecule has 3 nitrogen and oxygen atoms in total. The summed E-state index contributed by atoms with van der Waals surface area (Å²) in [5, 5.41) is 0. The van der Waals surface area contributed by atoms with Gasteiger partial charge in [-0.15, -0.1) is 0 Å². The molecule has 0 atom stereocenters. The first-order valence-corrected chi connectivity index (χ1v) is 4.89. The molecule has 1 heterocycles. The largest absolute Gasteiger partial charge is 0.497 e. The predicted octanol–water partition coefficient (Wildman–Crippen LogP) is 2.64. The van der Waals surface area contributed by atoms with Crippen LogP contribution in [0.4, 0.5) is 5.69 Å². The molecule has 0 aliphatic carbocycles. The molecule has 0 saturated carbocycles. The van der Waals surface area contributed by atoms with E-state index in [1.165, 1.54) is 0 Å². The number of benzene rings is 1. The van der Waals surface area contributed by atoms with Crippen LogP contribution in [-0.2, 0) is 0 Å². The van der Waals surface area contributed by atoms with Crippen molar-refractivity contribution in [2.75, 3.05) is 7.11 Å². The van der Waals surface area contributed by atoms with Gasteiger partial charge in [0, 0.05) is 6.20 Å². The van der Waals surface area contributed by atoms with E-state index >= 15 is 0 Å². The van der Waals surface area contributed by atoms with Crippen LogP contribution in [0.15, 0.2) is 47.6 Å². The maximum atomic E-state index is 5.06. The van der Waals surface area contributed by atoms with Crippen molar-refractivity contribution in [1.82, 2.24) is 4.98 Å². The van der Waals surface area contributed by atoms with Gasteiger partial charge in [-0.25, -0.2) is 0 Å². The second kappa shape index (κ2) is 5.07. The molecule has 0 spiro atoms.